The van der Waals surface area contributed by atoms with E-state index in [0.717, 1.165) is 31.8 Å². The van der Waals surface area contributed by atoms with Crippen LogP contribution in [0.3, 0.4) is 0 Å². The first-order valence-corrected chi connectivity index (χ1v) is 6.60. The maximum Gasteiger partial charge on any atom is 0.0884 e. The summed E-state index contributed by atoms with van der Waals surface area (Å²) in [7, 11) is 1.99. The summed E-state index contributed by atoms with van der Waals surface area (Å²) >= 11 is 0. The van der Waals surface area contributed by atoms with Crippen LogP contribution in [-0.2, 0) is 24.8 Å². The Morgan fingerprint density at radius 3 is 3.12 bits per heavy atom. The van der Waals surface area contributed by atoms with Gasteiger partial charge in [-0.25, -0.2) is 0 Å². The molecule has 2 rings (SSSR count). The standard InChI is InChI=1S/C13H23N3O/c1-3-12-7-13(16(2)15-12)10-17-9-11-5-4-6-14-8-11/h7,11,14H,3-6,8-10H2,1-2H3. The molecule has 1 aromatic rings. The molecule has 4 heteroatoms. The van der Waals surface area contributed by atoms with Crippen LogP contribution in [0, 0.1) is 5.92 Å². The summed E-state index contributed by atoms with van der Waals surface area (Å²) < 4.78 is 7.73. The minimum Gasteiger partial charge on any atom is -0.375 e. The highest BCUT2D eigenvalue weighted by molar-refractivity contribution is 5.09. The molecule has 0 amide bonds. The molecule has 4 nitrogen and oxygen atoms in total. The lowest BCUT2D eigenvalue weighted by molar-refractivity contribution is 0.0745. The van der Waals surface area contributed by atoms with Crippen LogP contribution < -0.4 is 5.32 Å². The largest absolute Gasteiger partial charge is 0.375 e. The number of hydrogen-bond donors (Lipinski definition) is 1. The minimum atomic E-state index is 0.681. The van der Waals surface area contributed by atoms with E-state index < -0.39 is 0 Å². The molecular formula is C13H23N3O. The SMILES string of the molecule is CCc1cc(COCC2CCCNC2)n(C)n1. The topological polar surface area (TPSA) is 39.1 Å². The number of nitrogens with zero attached hydrogens (tertiary/aromatic N) is 2. The third kappa shape index (κ3) is 3.54. The van der Waals surface area contributed by atoms with E-state index in [1.807, 2.05) is 11.7 Å². The van der Waals surface area contributed by atoms with Crippen molar-refractivity contribution in [1.29, 1.82) is 0 Å². The summed E-state index contributed by atoms with van der Waals surface area (Å²) in [6.07, 6.45) is 3.55. The average molecular weight is 237 g/mol. The highest BCUT2D eigenvalue weighted by atomic mass is 16.5. The summed E-state index contributed by atoms with van der Waals surface area (Å²) in [5.74, 6) is 0.683. The van der Waals surface area contributed by atoms with E-state index in [4.69, 9.17) is 4.74 Å². The maximum atomic E-state index is 5.80. The van der Waals surface area contributed by atoms with Gasteiger partial charge in [-0.3, -0.25) is 4.68 Å². The Morgan fingerprint density at radius 2 is 2.47 bits per heavy atom. The molecule has 0 bridgehead atoms. The van der Waals surface area contributed by atoms with Gasteiger partial charge in [-0.2, -0.15) is 5.10 Å². The van der Waals surface area contributed by atoms with Crippen LogP contribution in [0.4, 0.5) is 0 Å². The van der Waals surface area contributed by atoms with Crippen LogP contribution >= 0.6 is 0 Å². The third-order valence-electron chi connectivity index (χ3n) is 3.39. The smallest absolute Gasteiger partial charge is 0.0884 e. The molecule has 17 heavy (non-hydrogen) atoms. The number of piperidine rings is 1. The van der Waals surface area contributed by atoms with Gasteiger partial charge in [0.05, 0.1) is 24.6 Å². The summed E-state index contributed by atoms with van der Waals surface area (Å²) in [6, 6.07) is 2.14. The van der Waals surface area contributed by atoms with Crippen molar-refractivity contribution in [2.75, 3.05) is 19.7 Å². The molecule has 0 aliphatic carbocycles. The Bertz CT molecular complexity index is 342. The van der Waals surface area contributed by atoms with E-state index in [1.165, 1.54) is 18.5 Å². The van der Waals surface area contributed by atoms with Gasteiger partial charge in [0, 0.05) is 13.6 Å². The third-order valence-corrected chi connectivity index (χ3v) is 3.39. The van der Waals surface area contributed by atoms with Crippen LogP contribution in [0.15, 0.2) is 6.07 Å². The average Bonchev–Trinajstić information content (AvgIpc) is 2.72. The van der Waals surface area contributed by atoms with Crippen molar-refractivity contribution >= 4 is 0 Å². The zero-order valence-corrected chi connectivity index (χ0v) is 10.9. The van der Waals surface area contributed by atoms with Crippen molar-refractivity contribution in [1.82, 2.24) is 15.1 Å². The fourth-order valence-electron chi connectivity index (χ4n) is 2.28. The van der Waals surface area contributed by atoms with Crippen LogP contribution in [-0.4, -0.2) is 29.5 Å². The predicted molar refractivity (Wildman–Crippen MR) is 67.8 cm³/mol. The second kappa shape index (κ2) is 6.17. The molecule has 0 aromatic carbocycles. The highest BCUT2D eigenvalue weighted by Gasteiger charge is 2.13. The Kier molecular flexibility index (Phi) is 4.57. The van der Waals surface area contributed by atoms with Crippen molar-refractivity contribution in [3.05, 3.63) is 17.5 Å². The van der Waals surface area contributed by atoms with Crippen molar-refractivity contribution in [2.45, 2.75) is 32.8 Å². The van der Waals surface area contributed by atoms with Gasteiger partial charge in [0.15, 0.2) is 0 Å². The quantitative estimate of drug-likeness (QED) is 0.843. The molecule has 1 atom stereocenters. The number of rotatable bonds is 5. The van der Waals surface area contributed by atoms with E-state index in [2.05, 4.69) is 23.4 Å². The number of ether oxygens (including phenoxy) is 1. The molecule has 0 spiro atoms. The van der Waals surface area contributed by atoms with Crippen molar-refractivity contribution in [3.63, 3.8) is 0 Å². The lowest BCUT2D eigenvalue weighted by Crippen LogP contribution is -2.32. The normalized spacial score (nSPS) is 20.7. The molecule has 1 fully saturated rings. The first kappa shape index (κ1) is 12.6. The lowest BCUT2D eigenvalue weighted by Gasteiger charge is -2.22. The predicted octanol–water partition coefficient (Wildman–Crippen LogP) is 1.50. The molecule has 0 radical (unpaired) electrons. The van der Waals surface area contributed by atoms with E-state index in [1.54, 1.807) is 0 Å². The molecule has 1 saturated heterocycles. The molecule has 0 saturated carbocycles. The maximum absolute atomic E-state index is 5.80. The van der Waals surface area contributed by atoms with Crippen LogP contribution in [0.2, 0.25) is 0 Å². The van der Waals surface area contributed by atoms with Crippen molar-refractivity contribution in [2.24, 2.45) is 13.0 Å². The first-order valence-electron chi connectivity index (χ1n) is 6.60. The minimum absolute atomic E-state index is 0.681. The number of aryl methyl sites for hydroxylation is 2. The Morgan fingerprint density at radius 1 is 1.59 bits per heavy atom. The van der Waals surface area contributed by atoms with E-state index in [-0.39, 0.29) is 0 Å². The van der Waals surface area contributed by atoms with Crippen LogP contribution in [0.1, 0.15) is 31.2 Å². The summed E-state index contributed by atoms with van der Waals surface area (Å²) in [5, 5.41) is 7.83. The lowest BCUT2D eigenvalue weighted by atomic mass is 10.0. The second-order valence-electron chi connectivity index (χ2n) is 4.83. The van der Waals surface area contributed by atoms with Gasteiger partial charge < -0.3 is 10.1 Å². The van der Waals surface area contributed by atoms with Gasteiger partial charge in [-0.15, -0.1) is 0 Å². The number of aromatic nitrogens is 2. The first-order chi connectivity index (χ1) is 8.29. The Hall–Kier alpha value is -0.870. The number of nitrogens with one attached hydrogen (secondary N) is 1. The molecule has 96 valence electrons. The molecule has 1 aromatic heterocycles. The molecule has 2 heterocycles. The summed E-state index contributed by atoms with van der Waals surface area (Å²) in [6.45, 7) is 5.93. The van der Waals surface area contributed by atoms with Crippen molar-refractivity contribution in [3.8, 4) is 0 Å². The monoisotopic (exact) mass is 237 g/mol. The highest BCUT2D eigenvalue weighted by Crippen LogP contribution is 2.12. The fraction of sp³-hybridized carbons (Fsp3) is 0.769. The zero-order chi connectivity index (χ0) is 12.1. The van der Waals surface area contributed by atoms with E-state index >= 15 is 0 Å². The number of hydrogen-bond acceptors (Lipinski definition) is 3. The van der Waals surface area contributed by atoms with Gasteiger partial charge >= 0.3 is 0 Å². The van der Waals surface area contributed by atoms with E-state index in [0.29, 0.717) is 12.5 Å². The summed E-state index contributed by atoms with van der Waals surface area (Å²) in [4.78, 5) is 0. The summed E-state index contributed by atoms with van der Waals surface area (Å²) in [5.41, 5.74) is 2.32. The van der Waals surface area contributed by atoms with Crippen LogP contribution in [0.25, 0.3) is 0 Å². The van der Waals surface area contributed by atoms with Crippen LogP contribution in [0.5, 0.6) is 0 Å². The molecular weight excluding hydrogens is 214 g/mol. The van der Waals surface area contributed by atoms with Gasteiger partial charge in [-0.05, 0) is 37.8 Å². The molecule has 1 aliphatic rings. The fourth-order valence-corrected chi connectivity index (χ4v) is 2.28. The van der Waals surface area contributed by atoms with Gasteiger partial charge in [0.25, 0.3) is 0 Å². The molecule has 1 unspecified atom stereocenters. The van der Waals surface area contributed by atoms with Crippen molar-refractivity contribution < 1.29 is 4.74 Å². The van der Waals surface area contributed by atoms with Gasteiger partial charge in [0.1, 0.15) is 0 Å². The molecule has 1 N–H and O–H groups in total. The van der Waals surface area contributed by atoms with Gasteiger partial charge in [-0.1, -0.05) is 6.92 Å². The zero-order valence-electron chi connectivity index (χ0n) is 10.9. The molecule has 1 aliphatic heterocycles. The van der Waals surface area contributed by atoms with E-state index in [9.17, 15) is 0 Å². The van der Waals surface area contributed by atoms with Gasteiger partial charge in [0.2, 0.25) is 0 Å². The Labute approximate surface area is 103 Å². The Balaban J connectivity index is 1.75. The second-order valence-corrected chi connectivity index (χ2v) is 4.83.